The van der Waals surface area contributed by atoms with E-state index in [0.717, 1.165) is 42.1 Å². The third-order valence-electron chi connectivity index (χ3n) is 4.73. The Balaban J connectivity index is 1.82. The van der Waals surface area contributed by atoms with E-state index in [2.05, 4.69) is 9.88 Å². The molecule has 0 saturated carbocycles. The molecule has 0 radical (unpaired) electrons. The summed E-state index contributed by atoms with van der Waals surface area (Å²) in [5.74, 6) is -0.371. The third-order valence-corrected chi connectivity index (χ3v) is 4.99. The SMILES string of the molecule is Cc1cc(/C=C(\C#N)C(=O)NCC2CCCO2)c(C)n1-c1ccc(Cl)cc1. The van der Waals surface area contributed by atoms with Crippen LogP contribution in [0.15, 0.2) is 35.9 Å². The Hall–Kier alpha value is -2.55. The number of amides is 1. The molecule has 2 heterocycles. The lowest BCUT2D eigenvalue weighted by Crippen LogP contribution is -2.32. The summed E-state index contributed by atoms with van der Waals surface area (Å²) in [6.45, 7) is 5.12. The monoisotopic (exact) mass is 383 g/mol. The van der Waals surface area contributed by atoms with Crippen LogP contribution < -0.4 is 5.32 Å². The van der Waals surface area contributed by atoms with E-state index in [1.807, 2.05) is 50.2 Å². The normalized spacial score (nSPS) is 17.0. The standard InChI is InChI=1S/C21H22ClN3O2/c1-14-10-16(15(2)25(14)19-7-5-18(22)6-8-19)11-17(12-23)21(26)24-13-20-4-3-9-27-20/h5-8,10-11,20H,3-4,9,13H2,1-2H3,(H,24,26)/b17-11+. The summed E-state index contributed by atoms with van der Waals surface area (Å²) in [6.07, 6.45) is 3.63. The number of nitrogens with zero attached hydrogens (tertiary/aromatic N) is 2. The maximum atomic E-state index is 12.4. The van der Waals surface area contributed by atoms with Gasteiger partial charge in [0.2, 0.25) is 0 Å². The van der Waals surface area contributed by atoms with Gasteiger partial charge in [0, 0.05) is 35.2 Å². The maximum absolute atomic E-state index is 12.4. The van der Waals surface area contributed by atoms with E-state index in [9.17, 15) is 10.1 Å². The van der Waals surface area contributed by atoms with Crippen molar-refractivity contribution in [2.75, 3.05) is 13.2 Å². The van der Waals surface area contributed by atoms with Crippen LogP contribution in [-0.4, -0.2) is 29.7 Å². The second kappa shape index (κ2) is 8.43. The third kappa shape index (κ3) is 4.41. The summed E-state index contributed by atoms with van der Waals surface area (Å²) in [6, 6.07) is 11.5. The van der Waals surface area contributed by atoms with E-state index >= 15 is 0 Å². The van der Waals surface area contributed by atoms with Gasteiger partial charge in [-0.1, -0.05) is 11.6 Å². The van der Waals surface area contributed by atoms with Gasteiger partial charge >= 0.3 is 0 Å². The molecule has 0 aliphatic carbocycles. The minimum atomic E-state index is -0.371. The van der Waals surface area contributed by atoms with Crippen molar-refractivity contribution in [3.63, 3.8) is 0 Å². The topological polar surface area (TPSA) is 67.1 Å². The molecule has 140 valence electrons. The summed E-state index contributed by atoms with van der Waals surface area (Å²) in [5, 5.41) is 12.9. The molecule has 1 unspecified atom stereocenters. The summed E-state index contributed by atoms with van der Waals surface area (Å²) in [5.41, 5.74) is 3.87. The van der Waals surface area contributed by atoms with Gasteiger partial charge in [-0.05, 0) is 68.7 Å². The van der Waals surface area contributed by atoms with Crippen LogP contribution in [0.1, 0.15) is 29.8 Å². The summed E-state index contributed by atoms with van der Waals surface area (Å²) in [4.78, 5) is 12.4. The van der Waals surface area contributed by atoms with Crippen LogP contribution in [0.5, 0.6) is 0 Å². The van der Waals surface area contributed by atoms with Crippen LogP contribution in [0.4, 0.5) is 0 Å². The fourth-order valence-corrected chi connectivity index (χ4v) is 3.46. The Labute approximate surface area is 164 Å². The fourth-order valence-electron chi connectivity index (χ4n) is 3.33. The number of halogens is 1. The zero-order chi connectivity index (χ0) is 19.4. The molecular formula is C21H22ClN3O2. The molecule has 5 nitrogen and oxygen atoms in total. The summed E-state index contributed by atoms with van der Waals surface area (Å²) in [7, 11) is 0. The number of aryl methyl sites for hydroxylation is 1. The molecule has 1 aromatic carbocycles. The Kier molecular flexibility index (Phi) is 6.00. The Morgan fingerprint density at radius 2 is 2.15 bits per heavy atom. The van der Waals surface area contributed by atoms with Gasteiger partial charge in [-0.2, -0.15) is 5.26 Å². The van der Waals surface area contributed by atoms with Crippen LogP contribution in [0.25, 0.3) is 11.8 Å². The lowest BCUT2D eigenvalue weighted by Gasteiger charge is -2.10. The highest BCUT2D eigenvalue weighted by atomic mass is 35.5. The molecule has 0 spiro atoms. The van der Waals surface area contributed by atoms with Gasteiger partial charge in [0.05, 0.1) is 6.10 Å². The molecule has 6 heteroatoms. The minimum absolute atomic E-state index is 0.0452. The average Bonchev–Trinajstić information content (AvgIpc) is 3.27. The summed E-state index contributed by atoms with van der Waals surface area (Å²) >= 11 is 5.97. The molecule has 27 heavy (non-hydrogen) atoms. The first kappa shape index (κ1) is 19.2. The molecule has 1 atom stereocenters. The van der Waals surface area contributed by atoms with Crippen molar-refractivity contribution >= 4 is 23.6 Å². The van der Waals surface area contributed by atoms with Crippen molar-refractivity contribution in [2.24, 2.45) is 0 Å². The van der Waals surface area contributed by atoms with Crippen molar-refractivity contribution < 1.29 is 9.53 Å². The quantitative estimate of drug-likeness (QED) is 0.628. The summed E-state index contributed by atoms with van der Waals surface area (Å²) < 4.78 is 7.57. The van der Waals surface area contributed by atoms with Crippen LogP contribution in [-0.2, 0) is 9.53 Å². The van der Waals surface area contributed by atoms with Crippen molar-refractivity contribution in [2.45, 2.75) is 32.8 Å². The van der Waals surface area contributed by atoms with Crippen molar-refractivity contribution in [3.05, 3.63) is 57.9 Å². The molecule has 3 rings (SSSR count). The zero-order valence-corrected chi connectivity index (χ0v) is 16.2. The van der Waals surface area contributed by atoms with E-state index in [-0.39, 0.29) is 17.6 Å². The first-order valence-corrected chi connectivity index (χ1v) is 9.34. The number of ether oxygens (including phenoxy) is 1. The molecule has 1 aromatic heterocycles. The average molecular weight is 384 g/mol. The van der Waals surface area contributed by atoms with Crippen LogP contribution >= 0.6 is 11.6 Å². The minimum Gasteiger partial charge on any atom is -0.376 e. The van der Waals surface area contributed by atoms with Gasteiger partial charge in [-0.15, -0.1) is 0 Å². The molecule has 1 N–H and O–H groups in total. The number of carbonyl (C=O) groups excluding carboxylic acids is 1. The predicted molar refractivity (Wildman–Crippen MR) is 106 cm³/mol. The first-order chi connectivity index (χ1) is 13.0. The zero-order valence-electron chi connectivity index (χ0n) is 15.5. The number of hydrogen-bond donors (Lipinski definition) is 1. The predicted octanol–water partition coefficient (Wildman–Crippen LogP) is 3.95. The smallest absolute Gasteiger partial charge is 0.262 e. The number of aromatic nitrogens is 1. The number of rotatable bonds is 5. The lowest BCUT2D eigenvalue weighted by atomic mass is 10.1. The number of benzene rings is 1. The van der Waals surface area contributed by atoms with Crippen LogP contribution in [0.3, 0.4) is 0 Å². The van der Waals surface area contributed by atoms with Crippen LogP contribution in [0, 0.1) is 25.2 Å². The van der Waals surface area contributed by atoms with Gasteiger partial charge < -0.3 is 14.6 Å². The highest BCUT2D eigenvalue weighted by Crippen LogP contribution is 2.24. The Bertz CT molecular complexity index is 901. The van der Waals surface area contributed by atoms with Gasteiger partial charge in [-0.25, -0.2) is 0 Å². The molecule has 1 fully saturated rings. The highest BCUT2D eigenvalue weighted by molar-refractivity contribution is 6.30. The molecular weight excluding hydrogens is 362 g/mol. The highest BCUT2D eigenvalue weighted by Gasteiger charge is 2.18. The van der Waals surface area contributed by atoms with E-state index in [1.165, 1.54) is 0 Å². The van der Waals surface area contributed by atoms with Gasteiger partial charge in [0.1, 0.15) is 11.6 Å². The largest absolute Gasteiger partial charge is 0.376 e. The molecule has 1 saturated heterocycles. The molecule has 2 aromatic rings. The van der Waals surface area contributed by atoms with E-state index in [0.29, 0.717) is 11.6 Å². The molecule has 1 aliphatic rings. The van der Waals surface area contributed by atoms with E-state index in [1.54, 1.807) is 6.08 Å². The van der Waals surface area contributed by atoms with Crippen molar-refractivity contribution in [1.82, 2.24) is 9.88 Å². The number of nitriles is 1. The molecule has 1 aliphatic heterocycles. The van der Waals surface area contributed by atoms with Crippen molar-refractivity contribution in [3.8, 4) is 11.8 Å². The maximum Gasteiger partial charge on any atom is 0.262 e. The second-order valence-electron chi connectivity index (χ2n) is 6.65. The van der Waals surface area contributed by atoms with Gasteiger partial charge in [0.15, 0.2) is 0 Å². The Morgan fingerprint density at radius 1 is 1.41 bits per heavy atom. The van der Waals surface area contributed by atoms with Gasteiger partial charge in [0.25, 0.3) is 5.91 Å². The number of nitrogens with one attached hydrogen (secondary N) is 1. The molecule has 0 bridgehead atoms. The lowest BCUT2D eigenvalue weighted by molar-refractivity contribution is -0.117. The van der Waals surface area contributed by atoms with Gasteiger partial charge in [-0.3, -0.25) is 4.79 Å². The Morgan fingerprint density at radius 3 is 2.78 bits per heavy atom. The van der Waals surface area contributed by atoms with Crippen molar-refractivity contribution in [1.29, 1.82) is 5.26 Å². The fraction of sp³-hybridized carbons (Fsp3) is 0.333. The first-order valence-electron chi connectivity index (χ1n) is 8.96. The second-order valence-corrected chi connectivity index (χ2v) is 7.09. The van der Waals surface area contributed by atoms with E-state index in [4.69, 9.17) is 16.3 Å². The number of hydrogen-bond acceptors (Lipinski definition) is 3. The number of carbonyl (C=O) groups is 1. The molecule has 1 amide bonds. The van der Waals surface area contributed by atoms with E-state index < -0.39 is 0 Å². The van der Waals surface area contributed by atoms with Crippen LogP contribution in [0.2, 0.25) is 5.02 Å².